The topological polar surface area (TPSA) is 79.5 Å². The van der Waals surface area contributed by atoms with Crippen molar-refractivity contribution in [1.82, 2.24) is 5.32 Å². The van der Waals surface area contributed by atoms with Crippen molar-refractivity contribution in [3.8, 4) is 0 Å². The minimum atomic E-state index is -1.10. The molecule has 104 valence electrons. The van der Waals surface area contributed by atoms with Gasteiger partial charge in [0.2, 0.25) is 0 Å². The van der Waals surface area contributed by atoms with Crippen LogP contribution in [-0.2, 0) is 6.54 Å². The highest BCUT2D eigenvalue weighted by molar-refractivity contribution is 6.06. The van der Waals surface area contributed by atoms with Crippen LogP contribution in [0.2, 0.25) is 0 Å². The van der Waals surface area contributed by atoms with Crippen LogP contribution in [0.25, 0.3) is 0 Å². The first kappa shape index (κ1) is 13.9. The van der Waals surface area contributed by atoms with Gasteiger partial charge in [-0.25, -0.2) is 4.79 Å². The van der Waals surface area contributed by atoms with E-state index in [-0.39, 0.29) is 17.7 Å². The molecule has 0 radical (unpaired) electrons. The largest absolute Gasteiger partial charge is 0.478 e. The summed E-state index contributed by atoms with van der Waals surface area (Å²) < 4.78 is 5.12. The fraction of sp³-hybridized carbons (Fsp3) is 0.200. The molecule has 0 atom stereocenters. The van der Waals surface area contributed by atoms with Crippen molar-refractivity contribution in [3.63, 3.8) is 0 Å². The Hall–Kier alpha value is -2.56. The number of furan rings is 1. The normalized spacial score (nSPS) is 10.3. The van der Waals surface area contributed by atoms with E-state index in [0.717, 1.165) is 0 Å². The van der Waals surface area contributed by atoms with Crippen LogP contribution in [0.4, 0.5) is 0 Å². The summed E-state index contributed by atoms with van der Waals surface area (Å²) in [7, 11) is 0. The standard InChI is InChI=1S/C15H15NO4/c1-9-5-6-10(2)13(15(18)19)12(9)14(17)16-8-11-4-3-7-20-11/h3-7H,8H2,1-2H3,(H,16,17)(H,18,19). The van der Waals surface area contributed by atoms with Crippen LogP contribution in [-0.4, -0.2) is 17.0 Å². The molecule has 0 aliphatic rings. The van der Waals surface area contributed by atoms with Crippen LogP contribution >= 0.6 is 0 Å². The molecule has 2 N–H and O–H groups in total. The maximum atomic E-state index is 12.2. The van der Waals surface area contributed by atoms with E-state index in [1.165, 1.54) is 6.26 Å². The molecule has 2 aromatic rings. The van der Waals surface area contributed by atoms with Gasteiger partial charge in [-0.05, 0) is 37.1 Å². The molecule has 1 amide bonds. The fourth-order valence-electron chi connectivity index (χ4n) is 2.05. The summed E-state index contributed by atoms with van der Waals surface area (Å²) in [5, 5.41) is 11.9. The maximum absolute atomic E-state index is 12.2. The van der Waals surface area contributed by atoms with Gasteiger partial charge >= 0.3 is 5.97 Å². The van der Waals surface area contributed by atoms with Gasteiger partial charge in [0.15, 0.2) is 0 Å². The number of amides is 1. The van der Waals surface area contributed by atoms with Crippen molar-refractivity contribution >= 4 is 11.9 Å². The number of carboxylic acids is 1. The smallest absolute Gasteiger partial charge is 0.336 e. The van der Waals surface area contributed by atoms with Gasteiger partial charge in [-0.3, -0.25) is 4.79 Å². The molecular formula is C15H15NO4. The second-order valence-corrected chi connectivity index (χ2v) is 4.52. The third kappa shape index (κ3) is 2.71. The molecular weight excluding hydrogens is 258 g/mol. The maximum Gasteiger partial charge on any atom is 0.336 e. The van der Waals surface area contributed by atoms with Crippen molar-refractivity contribution in [2.24, 2.45) is 0 Å². The number of nitrogens with one attached hydrogen (secondary N) is 1. The average Bonchev–Trinajstić information content (AvgIpc) is 2.91. The molecule has 1 aromatic carbocycles. The van der Waals surface area contributed by atoms with Crippen molar-refractivity contribution < 1.29 is 19.1 Å². The molecule has 0 saturated carbocycles. The minimum Gasteiger partial charge on any atom is -0.478 e. The molecule has 1 heterocycles. The molecule has 0 spiro atoms. The van der Waals surface area contributed by atoms with Crippen LogP contribution in [0.15, 0.2) is 34.9 Å². The Morgan fingerprint density at radius 3 is 2.35 bits per heavy atom. The molecule has 0 aliphatic carbocycles. The first-order valence-electron chi connectivity index (χ1n) is 6.14. The highest BCUT2D eigenvalue weighted by atomic mass is 16.4. The van der Waals surface area contributed by atoms with E-state index in [9.17, 15) is 14.7 Å². The molecule has 0 saturated heterocycles. The van der Waals surface area contributed by atoms with Gasteiger partial charge in [0.05, 0.1) is 23.9 Å². The Morgan fingerprint density at radius 1 is 1.15 bits per heavy atom. The minimum absolute atomic E-state index is 0.0435. The van der Waals surface area contributed by atoms with E-state index in [2.05, 4.69) is 5.32 Å². The number of carboxylic acid groups (broad SMARTS) is 1. The van der Waals surface area contributed by atoms with Gasteiger partial charge in [0, 0.05) is 0 Å². The van der Waals surface area contributed by atoms with Gasteiger partial charge in [0.25, 0.3) is 5.91 Å². The van der Waals surface area contributed by atoms with E-state index in [1.54, 1.807) is 38.1 Å². The first-order chi connectivity index (χ1) is 9.50. The van der Waals surface area contributed by atoms with Crippen LogP contribution in [0, 0.1) is 13.8 Å². The van der Waals surface area contributed by atoms with Crippen LogP contribution in [0.5, 0.6) is 0 Å². The monoisotopic (exact) mass is 273 g/mol. The summed E-state index contributed by atoms with van der Waals surface area (Å²) in [6.07, 6.45) is 1.52. The van der Waals surface area contributed by atoms with E-state index in [4.69, 9.17) is 4.42 Å². The van der Waals surface area contributed by atoms with Gasteiger partial charge in [-0.15, -0.1) is 0 Å². The Bertz CT molecular complexity index is 644. The molecule has 0 fully saturated rings. The summed E-state index contributed by atoms with van der Waals surface area (Å²) in [5.41, 5.74) is 1.43. The lowest BCUT2D eigenvalue weighted by Gasteiger charge is -2.12. The highest BCUT2D eigenvalue weighted by Crippen LogP contribution is 2.19. The molecule has 0 unspecified atom stereocenters. The third-order valence-electron chi connectivity index (χ3n) is 3.07. The third-order valence-corrected chi connectivity index (χ3v) is 3.07. The van der Waals surface area contributed by atoms with Gasteiger partial charge < -0.3 is 14.8 Å². The number of carbonyl (C=O) groups is 2. The van der Waals surface area contributed by atoms with Crippen LogP contribution in [0.3, 0.4) is 0 Å². The summed E-state index contributed by atoms with van der Waals surface area (Å²) in [4.78, 5) is 23.6. The number of hydrogen-bond donors (Lipinski definition) is 2. The van der Waals surface area contributed by atoms with Crippen molar-refractivity contribution in [3.05, 3.63) is 58.5 Å². The lowest BCUT2D eigenvalue weighted by atomic mass is 9.96. The highest BCUT2D eigenvalue weighted by Gasteiger charge is 2.21. The number of aryl methyl sites for hydroxylation is 2. The van der Waals surface area contributed by atoms with E-state index < -0.39 is 11.9 Å². The molecule has 5 heteroatoms. The summed E-state index contributed by atoms with van der Waals surface area (Å²) in [6.45, 7) is 3.61. The van der Waals surface area contributed by atoms with Crippen molar-refractivity contribution in [1.29, 1.82) is 0 Å². The second-order valence-electron chi connectivity index (χ2n) is 4.52. The lowest BCUT2D eigenvalue weighted by Crippen LogP contribution is -2.26. The zero-order valence-electron chi connectivity index (χ0n) is 11.3. The Morgan fingerprint density at radius 2 is 1.80 bits per heavy atom. The SMILES string of the molecule is Cc1ccc(C)c(C(=O)NCc2ccco2)c1C(=O)O. The van der Waals surface area contributed by atoms with Gasteiger partial charge in [-0.2, -0.15) is 0 Å². The number of benzene rings is 1. The van der Waals surface area contributed by atoms with Crippen LogP contribution < -0.4 is 5.32 Å². The number of hydrogen-bond acceptors (Lipinski definition) is 3. The predicted molar refractivity (Wildman–Crippen MR) is 72.8 cm³/mol. The molecule has 0 bridgehead atoms. The molecule has 2 rings (SSSR count). The van der Waals surface area contributed by atoms with E-state index in [1.807, 2.05) is 0 Å². The average molecular weight is 273 g/mol. The lowest BCUT2D eigenvalue weighted by molar-refractivity contribution is 0.0690. The van der Waals surface area contributed by atoms with Crippen molar-refractivity contribution in [2.45, 2.75) is 20.4 Å². The first-order valence-corrected chi connectivity index (χ1v) is 6.14. The van der Waals surface area contributed by atoms with E-state index in [0.29, 0.717) is 16.9 Å². The second kappa shape index (κ2) is 5.61. The fourth-order valence-corrected chi connectivity index (χ4v) is 2.05. The van der Waals surface area contributed by atoms with Gasteiger partial charge in [-0.1, -0.05) is 12.1 Å². The van der Waals surface area contributed by atoms with Crippen LogP contribution in [0.1, 0.15) is 37.6 Å². The molecule has 0 aliphatic heterocycles. The molecule has 1 aromatic heterocycles. The molecule has 5 nitrogen and oxygen atoms in total. The number of carbonyl (C=O) groups excluding carboxylic acids is 1. The van der Waals surface area contributed by atoms with E-state index >= 15 is 0 Å². The zero-order valence-corrected chi connectivity index (χ0v) is 11.3. The quantitative estimate of drug-likeness (QED) is 0.897. The molecule has 20 heavy (non-hydrogen) atoms. The predicted octanol–water partition coefficient (Wildman–Crippen LogP) is 2.52. The number of aromatic carboxylic acids is 1. The van der Waals surface area contributed by atoms with Gasteiger partial charge in [0.1, 0.15) is 5.76 Å². The zero-order chi connectivity index (χ0) is 14.7. The Kier molecular flexibility index (Phi) is 3.89. The summed E-state index contributed by atoms with van der Waals surface area (Å²) in [6, 6.07) is 6.90. The van der Waals surface area contributed by atoms with Crippen molar-refractivity contribution in [2.75, 3.05) is 0 Å². The summed E-state index contributed by atoms with van der Waals surface area (Å²) >= 11 is 0. The summed E-state index contributed by atoms with van der Waals surface area (Å²) in [5.74, 6) is -0.908. The Balaban J connectivity index is 2.29. The Labute approximate surface area is 116 Å². The number of rotatable bonds is 4.